The molecule has 1 heteroatoms. The number of fused-ring (bicyclic) bond motifs is 1. The minimum Gasteiger partial charge on any atom is -0.303 e. The number of carbonyl (C=O) groups excluding carboxylic acids is 1. The molecule has 2 aliphatic rings. The van der Waals surface area contributed by atoms with E-state index in [0.717, 1.165) is 30.5 Å². The molecule has 2 aliphatic carbocycles. The second kappa shape index (κ2) is 4.40. The highest BCUT2D eigenvalue weighted by Crippen LogP contribution is 2.55. The van der Waals surface area contributed by atoms with Gasteiger partial charge in [0.25, 0.3) is 0 Å². The minimum atomic E-state index is -0.106. The summed E-state index contributed by atoms with van der Waals surface area (Å²) in [5.41, 5.74) is 0.474. The van der Waals surface area contributed by atoms with E-state index in [0.29, 0.717) is 5.41 Å². The molecule has 0 amide bonds. The van der Waals surface area contributed by atoms with Gasteiger partial charge in [-0.2, -0.15) is 0 Å². The molecule has 0 heterocycles. The zero-order chi connectivity index (χ0) is 12.7. The molecule has 1 nitrogen and oxygen atoms in total. The van der Waals surface area contributed by atoms with Crippen LogP contribution in [0.25, 0.3) is 0 Å². The van der Waals surface area contributed by atoms with Crippen LogP contribution in [0.3, 0.4) is 0 Å². The molecule has 0 radical (unpaired) electrons. The molecule has 17 heavy (non-hydrogen) atoms. The zero-order valence-corrected chi connectivity index (χ0v) is 12.0. The third-order valence-corrected chi connectivity index (χ3v) is 5.39. The number of hydrogen-bond donors (Lipinski definition) is 0. The van der Waals surface area contributed by atoms with Crippen LogP contribution in [0.5, 0.6) is 0 Å². The van der Waals surface area contributed by atoms with Crippen LogP contribution in [-0.2, 0) is 4.79 Å². The van der Waals surface area contributed by atoms with Crippen LogP contribution in [0.1, 0.15) is 66.2 Å². The third kappa shape index (κ3) is 2.74. The van der Waals surface area contributed by atoms with Crippen LogP contribution in [-0.4, -0.2) is 6.29 Å². The maximum atomic E-state index is 11.0. The minimum absolute atomic E-state index is 0.106. The predicted molar refractivity (Wildman–Crippen MR) is 71.8 cm³/mol. The highest BCUT2D eigenvalue weighted by molar-refractivity contribution is 5.57. The van der Waals surface area contributed by atoms with Gasteiger partial charge in [-0.3, -0.25) is 0 Å². The third-order valence-electron chi connectivity index (χ3n) is 5.39. The molecule has 3 unspecified atom stereocenters. The molecule has 0 spiro atoms. The van der Waals surface area contributed by atoms with Crippen LogP contribution >= 0.6 is 0 Å². The average Bonchev–Trinajstić information content (AvgIpc) is 2.54. The molecule has 0 aromatic carbocycles. The van der Waals surface area contributed by atoms with Crippen molar-refractivity contribution >= 4 is 6.29 Å². The first kappa shape index (κ1) is 13.1. The Balaban J connectivity index is 1.94. The normalized spacial score (nSPS) is 36.6. The summed E-state index contributed by atoms with van der Waals surface area (Å²) in [6.07, 6.45) is 9.21. The molecular weight excluding hydrogens is 208 g/mol. The van der Waals surface area contributed by atoms with E-state index in [9.17, 15) is 4.79 Å². The maximum absolute atomic E-state index is 11.0. The van der Waals surface area contributed by atoms with Crippen molar-refractivity contribution in [2.24, 2.45) is 28.6 Å². The van der Waals surface area contributed by atoms with Gasteiger partial charge in [0.2, 0.25) is 0 Å². The lowest BCUT2D eigenvalue weighted by Crippen LogP contribution is -2.30. The molecule has 0 saturated heterocycles. The lowest BCUT2D eigenvalue weighted by molar-refractivity contribution is -0.115. The first-order valence-electron chi connectivity index (χ1n) is 7.30. The molecule has 0 bridgehead atoms. The lowest BCUT2D eigenvalue weighted by atomic mass is 9.66. The molecule has 0 aliphatic heterocycles. The number of hydrogen-bond acceptors (Lipinski definition) is 1. The van der Waals surface area contributed by atoms with Crippen molar-refractivity contribution in [3.8, 4) is 0 Å². The van der Waals surface area contributed by atoms with Gasteiger partial charge >= 0.3 is 0 Å². The predicted octanol–water partition coefficient (Wildman–Crippen LogP) is 4.45. The van der Waals surface area contributed by atoms with Gasteiger partial charge in [0.05, 0.1) is 0 Å². The van der Waals surface area contributed by atoms with E-state index in [1.165, 1.54) is 32.1 Å². The van der Waals surface area contributed by atoms with Crippen molar-refractivity contribution in [3.05, 3.63) is 0 Å². The summed E-state index contributed by atoms with van der Waals surface area (Å²) in [5, 5.41) is 0. The fraction of sp³-hybridized carbons (Fsp3) is 0.938. The first-order valence-corrected chi connectivity index (χ1v) is 7.30. The fourth-order valence-electron chi connectivity index (χ4n) is 4.43. The highest BCUT2D eigenvalue weighted by Gasteiger charge is 2.45. The van der Waals surface area contributed by atoms with E-state index in [2.05, 4.69) is 27.7 Å². The number of rotatable bonds is 3. The average molecular weight is 236 g/mol. The van der Waals surface area contributed by atoms with Crippen molar-refractivity contribution < 1.29 is 4.79 Å². The highest BCUT2D eigenvalue weighted by atomic mass is 16.1. The number of carbonyl (C=O) groups is 1. The van der Waals surface area contributed by atoms with Crippen molar-refractivity contribution in [3.63, 3.8) is 0 Å². The van der Waals surface area contributed by atoms with Crippen molar-refractivity contribution in [2.45, 2.75) is 66.2 Å². The van der Waals surface area contributed by atoms with E-state index in [4.69, 9.17) is 0 Å². The fourth-order valence-corrected chi connectivity index (χ4v) is 4.43. The molecule has 2 fully saturated rings. The van der Waals surface area contributed by atoms with Crippen LogP contribution in [0.15, 0.2) is 0 Å². The molecule has 0 N–H and O–H groups in total. The molecule has 3 atom stereocenters. The molecule has 98 valence electrons. The molecule has 2 rings (SSSR count). The summed E-state index contributed by atoms with van der Waals surface area (Å²) in [7, 11) is 0. The summed E-state index contributed by atoms with van der Waals surface area (Å²) in [6, 6.07) is 0. The lowest BCUT2D eigenvalue weighted by Gasteiger charge is -2.39. The van der Waals surface area contributed by atoms with E-state index in [-0.39, 0.29) is 5.41 Å². The number of aldehydes is 1. The molecule has 2 saturated carbocycles. The van der Waals surface area contributed by atoms with Crippen molar-refractivity contribution in [1.29, 1.82) is 0 Å². The first-order chi connectivity index (χ1) is 7.84. The van der Waals surface area contributed by atoms with Crippen LogP contribution in [0.4, 0.5) is 0 Å². The van der Waals surface area contributed by atoms with Gasteiger partial charge in [0, 0.05) is 5.41 Å². The SMILES string of the molecule is CC(C)(C=O)CC1CCC2C(CCC2(C)C)C1. The summed E-state index contributed by atoms with van der Waals surface area (Å²) in [4.78, 5) is 11.0. The summed E-state index contributed by atoms with van der Waals surface area (Å²) in [6.45, 7) is 9.08. The van der Waals surface area contributed by atoms with Gasteiger partial charge in [-0.15, -0.1) is 0 Å². The van der Waals surface area contributed by atoms with Crippen molar-refractivity contribution in [2.75, 3.05) is 0 Å². The summed E-state index contributed by atoms with van der Waals surface area (Å²) >= 11 is 0. The Bertz CT molecular complexity index is 290. The molecular formula is C16H28O. The Morgan fingerprint density at radius 2 is 1.94 bits per heavy atom. The largest absolute Gasteiger partial charge is 0.303 e. The topological polar surface area (TPSA) is 17.1 Å². The standard InChI is InChI=1S/C16H28O/c1-15(2,11-17)10-12-5-6-14-13(9-12)7-8-16(14,3)4/h11-14H,5-10H2,1-4H3. The second-order valence-corrected chi connectivity index (χ2v) is 7.88. The quantitative estimate of drug-likeness (QED) is 0.661. The van der Waals surface area contributed by atoms with Gasteiger partial charge in [-0.05, 0) is 55.3 Å². The van der Waals surface area contributed by atoms with Crippen LogP contribution in [0.2, 0.25) is 0 Å². The van der Waals surface area contributed by atoms with Gasteiger partial charge in [-0.1, -0.05) is 34.1 Å². The van der Waals surface area contributed by atoms with Gasteiger partial charge < -0.3 is 4.79 Å². The Hall–Kier alpha value is -0.330. The van der Waals surface area contributed by atoms with E-state index >= 15 is 0 Å². The zero-order valence-electron chi connectivity index (χ0n) is 12.0. The maximum Gasteiger partial charge on any atom is 0.125 e. The van der Waals surface area contributed by atoms with Gasteiger partial charge in [-0.25, -0.2) is 0 Å². The Morgan fingerprint density at radius 3 is 2.59 bits per heavy atom. The Morgan fingerprint density at radius 1 is 1.24 bits per heavy atom. The van der Waals surface area contributed by atoms with Crippen LogP contribution in [0, 0.1) is 28.6 Å². The smallest absolute Gasteiger partial charge is 0.125 e. The van der Waals surface area contributed by atoms with E-state index in [1.54, 1.807) is 0 Å². The van der Waals surface area contributed by atoms with E-state index in [1.807, 2.05) is 0 Å². The Labute approximate surface area is 106 Å². The van der Waals surface area contributed by atoms with Gasteiger partial charge in [0.1, 0.15) is 6.29 Å². The van der Waals surface area contributed by atoms with E-state index < -0.39 is 0 Å². The Kier molecular flexibility index (Phi) is 3.40. The molecule has 0 aromatic rings. The summed E-state index contributed by atoms with van der Waals surface area (Å²) in [5.74, 6) is 2.70. The summed E-state index contributed by atoms with van der Waals surface area (Å²) < 4.78 is 0. The molecule has 0 aromatic heterocycles. The van der Waals surface area contributed by atoms with Gasteiger partial charge in [0.15, 0.2) is 0 Å². The monoisotopic (exact) mass is 236 g/mol. The van der Waals surface area contributed by atoms with Crippen LogP contribution < -0.4 is 0 Å². The second-order valence-electron chi connectivity index (χ2n) is 7.88. The van der Waals surface area contributed by atoms with Crippen molar-refractivity contribution in [1.82, 2.24) is 0 Å².